The van der Waals surface area contributed by atoms with Crippen LogP contribution in [0.25, 0.3) is 0 Å². The summed E-state index contributed by atoms with van der Waals surface area (Å²) in [5.74, 6) is 0.713. The van der Waals surface area contributed by atoms with Gasteiger partial charge in [-0.3, -0.25) is 0 Å². The maximum absolute atomic E-state index is 13.1. The van der Waals surface area contributed by atoms with Crippen molar-refractivity contribution in [2.24, 2.45) is 22.5 Å². The SMILES string of the molecule is CC(F)CC1=[N+]=CC(CCC2CC3(C2)CN(C(=O)N2CC4(CC(N/C=C/CC(N)C(F)(F)I)C4)C2)C3)=C1. The fraction of sp³-hybridized carbons (Fsp3) is 0.741. The van der Waals surface area contributed by atoms with E-state index in [-0.39, 0.29) is 17.9 Å². The summed E-state index contributed by atoms with van der Waals surface area (Å²) in [4.78, 5) is 16.9. The Kier molecular flexibility index (Phi) is 7.48. The van der Waals surface area contributed by atoms with Crippen molar-refractivity contribution in [3.63, 3.8) is 0 Å². The zero-order valence-electron chi connectivity index (χ0n) is 21.4. The second-order valence-corrected chi connectivity index (χ2v) is 13.8. The number of nitrogens with one attached hydrogen (secondary N) is 1. The maximum Gasteiger partial charge on any atom is 0.320 e. The van der Waals surface area contributed by atoms with Gasteiger partial charge >= 0.3 is 15.7 Å². The molecular formula is C27H38F3IN5O+. The van der Waals surface area contributed by atoms with Crippen LogP contribution >= 0.6 is 22.6 Å². The van der Waals surface area contributed by atoms with Gasteiger partial charge in [0.2, 0.25) is 0 Å². The molecule has 0 aromatic carbocycles. The summed E-state index contributed by atoms with van der Waals surface area (Å²) in [6.45, 7) is 4.98. The third-order valence-electron chi connectivity index (χ3n) is 8.79. The summed E-state index contributed by atoms with van der Waals surface area (Å²) in [5, 5.41) is 3.28. The molecule has 5 aliphatic rings. The number of urea groups is 1. The lowest BCUT2D eigenvalue weighted by molar-refractivity contribution is -0.102. The Morgan fingerprint density at radius 3 is 2.46 bits per heavy atom. The number of hydrogen-bond donors (Lipinski definition) is 2. The smallest absolute Gasteiger partial charge is 0.320 e. The first-order valence-electron chi connectivity index (χ1n) is 13.5. The molecule has 3 aliphatic heterocycles. The third kappa shape index (κ3) is 6.06. The van der Waals surface area contributed by atoms with Gasteiger partial charge in [-0.2, -0.15) is 8.78 Å². The second-order valence-electron chi connectivity index (χ2n) is 12.3. The standard InChI is InChI=1S/C27H38F3IN5O/c1-18(28)7-21-8-19(13-34-21)4-5-20-9-25(10-20)14-35(15-25)24(37)36-16-26(17-36)11-22(12-26)33-6-2-3-23(32)27(29,30)31/h2,6,8,13,18,20,22-23,33H,3-5,7,9-12,14-17,32H2,1H3/q+1/b6-2+. The lowest BCUT2D eigenvalue weighted by atomic mass is 9.56. The molecule has 2 amide bonds. The fourth-order valence-corrected chi connectivity index (χ4v) is 7.15. The highest BCUT2D eigenvalue weighted by Crippen LogP contribution is 2.55. The van der Waals surface area contributed by atoms with E-state index in [4.69, 9.17) is 5.73 Å². The summed E-state index contributed by atoms with van der Waals surface area (Å²) in [5.41, 5.74) is 8.10. The van der Waals surface area contributed by atoms with E-state index in [1.165, 1.54) is 18.4 Å². The molecule has 0 bridgehead atoms. The number of carbonyl (C=O) groups excluding carboxylic acids is 1. The van der Waals surface area contributed by atoms with Gasteiger partial charge in [-0.25, -0.2) is 9.18 Å². The van der Waals surface area contributed by atoms with Crippen molar-refractivity contribution in [1.82, 2.24) is 19.8 Å². The highest BCUT2D eigenvalue weighted by molar-refractivity contribution is 14.1. The van der Waals surface area contributed by atoms with Gasteiger partial charge in [0.1, 0.15) is 6.17 Å². The van der Waals surface area contributed by atoms with Crippen molar-refractivity contribution in [3.8, 4) is 0 Å². The zero-order chi connectivity index (χ0) is 26.4. The molecule has 3 heterocycles. The molecule has 2 spiro atoms. The van der Waals surface area contributed by atoms with Crippen molar-refractivity contribution in [1.29, 1.82) is 0 Å². The number of halogens is 4. The van der Waals surface area contributed by atoms with Crippen LogP contribution in [-0.4, -0.2) is 76.1 Å². The number of allylic oxidation sites excluding steroid dienone is 2. The first-order valence-corrected chi connectivity index (χ1v) is 14.5. The Morgan fingerprint density at radius 1 is 1.24 bits per heavy atom. The summed E-state index contributed by atoms with van der Waals surface area (Å²) in [6.07, 6.45) is 13.6. The van der Waals surface area contributed by atoms with Gasteiger partial charge in [-0.05, 0) is 64.0 Å². The van der Waals surface area contributed by atoms with Gasteiger partial charge in [-0.1, -0.05) is 10.7 Å². The lowest BCUT2D eigenvalue weighted by Crippen LogP contribution is -2.72. The Bertz CT molecular complexity index is 1000. The van der Waals surface area contributed by atoms with Crippen LogP contribution in [0, 0.1) is 16.7 Å². The molecule has 2 atom stereocenters. The largest absolute Gasteiger partial charge is 0.388 e. The molecule has 2 saturated carbocycles. The number of carbonyl (C=O) groups is 1. The average Bonchev–Trinajstić information content (AvgIpc) is 3.13. The highest BCUT2D eigenvalue weighted by Gasteiger charge is 2.58. The van der Waals surface area contributed by atoms with E-state index >= 15 is 0 Å². The minimum absolute atomic E-state index is 0.134. The molecule has 4 fully saturated rings. The molecule has 0 aromatic heterocycles. The normalized spacial score (nSPS) is 25.9. The van der Waals surface area contributed by atoms with Gasteiger partial charge in [0, 0.05) is 77.3 Å². The Labute approximate surface area is 230 Å². The monoisotopic (exact) mass is 632 g/mol. The number of alkyl halides is 4. The number of nitrogens with zero attached hydrogens (tertiary/aromatic N) is 3. The van der Waals surface area contributed by atoms with Crippen LogP contribution in [0.4, 0.5) is 18.0 Å². The van der Waals surface area contributed by atoms with Gasteiger partial charge in [0.15, 0.2) is 0 Å². The van der Waals surface area contributed by atoms with E-state index in [9.17, 15) is 18.0 Å². The van der Waals surface area contributed by atoms with Crippen LogP contribution in [0.3, 0.4) is 0 Å². The molecule has 3 N–H and O–H groups in total. The minimum atomic E-state index is -2.90. The van der Waals surface area contributed by atoms with Crippen LogP contribution in [0.5, 0.6) is 0 Å². The summed E-state index contributed by atoms with van der Waals surface area (Å²) >= 11 is 1.08. The van der Waals surface area contributed by atoms with Crippen molar-refractivity contribution in [2.45, 2.75) is 80.5 Å². The van der Waals surface area contributed by atoms with E-state index in [2.05, 4.69) is 9.98 Å². The molecule has 37 heavy (non-hydrogen) atoms. The molecule has 0 radical (unpaired) electrons. The highest BCUT2D eigenvalue weighted by atomic mass is 127. The summed E-state index contributed by atoms with van der Waals surface area (Å²) in [6, 6.07) is -0.652. The van der Waals surface area contributed by atoms with Gasteiger partial charge in [-0.15, -0.1) is 0 Å². The van der Waals surface area contributed by atoms with Crippen LogP contribution in [-0.2, 0) is 0 Å². The van der Waals surface area contributed by atoms with Gasteiger partial charge in [0.05, 0.1) is 12.5 Å². The number of hydrogen-bond acceptors (Lipinski definition) is 3. The minimum Gasteiger partial charge on any atom is -0.388 e. The molecule has 2 saturated heterocycles. The zero-order valence-corrected chi connectivity index (χ0v) is 23.6. The van der Waals surface area contributed by atoms with Gasteiger partial charge < -0.3 is 20.9 Å². The predicted octanol–water partition coefficient (Wildman–Crippen LogP) is 4.18. The molecule has 0 aromatic rings. The molecule has 6 nitrogen and oxygen atoms in total. The maximum atomic E-state index is 13.1. The van der Waals surface area contributed by atoms with Crippen molar-refractivity contribution in [2.75, 3.05) is 26.2 Å². The van der Waals surface area contributed by atoms with Crippen LogP contribution in [0.15, 0.2) is 23.9 Å². The fourth-order valence-electron chi connectivity index (χ4n) is 6.90. The van der Waals surface area contributed by atoms with Crippen molar-refractivity contribution in [3.05, 3.63) is 23.9 Å². The number of nitrogens with two attached hydrogens (primary N) is 1. The van der Waals surface area contributed by atoms with Crippen LogP contribution in [0.1, 0.15) is 58.3 Å². The van der Waals surface area contributed by atoms with E-state index in [1.807, 2.05) is 22.1 Å². The molecule has 204 valence electrons. The van der Waals surface area contributed by atoms with E-state index in [0.29, 0.717) is 23.8 Å². The third-order valence-corrected chi connectivity index (χ3v) is 9.59. The lowest BCUT2D eigenvalue weighted by Gasteiger charge is -2.63. The molecular weight excluding hydrogens is 594 g/mol. The number of amides is 2. The predicted molar refractivity (Wildman–Crippen MR) is 149 cm³/mol. The Hall–Kier alpha value is -1.52. The molecule has 5 rings (SSSR count). The first-order chi connectivity index (χ1) is 17.4. The molecule has 2 aliphatic carbocycles. The number of rotatable bonds is 10. The Morgan fingerprint density at radius 2 is 1.86 bits per heavy atom. The summed E-state index contributed by atoms with van der Waals surface area (Å²) < 4.78 is 40.7. The van der Waals surface area contributed by atoms with E-state index in [0.717, 1.165) is 80.2 Å². The van der Waals surface area contributed by atoms with E-state index < -0.39 is 16.1 Å². The first kappa shape index (κ1) is 27.1. The Balaban J connectivity index is 0.930. The topological polar surface area (TPSA) is 75.7 Å². The van der Waals surface area contributed by atoms with Crippen molar-refractivity contribution < 1.29 is 18.0 Å². The molecule has 2 unspecified atom stereocenters. The molecule has 10 heteroatoms. The van der Waals surface area contributed by atoms with E-state index in [1.54, 1.807) is 19.2 Å². The number of likely N-dealkylation sites (tertiary alicyclic amines) is 2. The summed E-state index contributed by atoms with van der Waals surface area (Å²) in [7, 11) is 0. The van der Waals surface area contributed by atoms with Crippen LogP contribution < -0.4 is 15.7 Å². The van der Waals surface area contributed by atoms with Crippen LogP contribution in [0.2, 0.25) is 0 Å². The second kappa shape index (κ2) is 10.2. The van der Waals surface area contributed by atoms with Crippen molar-refractivity contribution >= 4 is 40.5 Å². The van der Waals surface area contributed by atoms with Gasteiger partial charge in [0.25, 0.3) is 6.21 Å². The average molecular weight is 633 g/mol. The quantitative estimate of drug-likeness (QED) is 0.216.